The number of aromatic nitrogens is 2. The molecule has 6 nitrogen and oxygen atoms in total. The minimum absolute atomic E-state index is 0.0444. The molecule has 1 saturated heterocycles. The molecular formula is C16H16N4O2. The van der Waals surface area contributed by atoms with Crippen molar-refractivity contribution >= 4 is 17.5 Å². The monoisotopic (exact) mass is 296 g/mol. The Balaban J connectivity index is 1.59. The summed E-state index contributed by atoms with van der Waals surface area (Å²) >= 11 is 0. The Hall–Kier alpha value is -2.76. The van der Waals surface area contributed by atoms with Crippen molar-refractivity contribution < 1.29 is 9.59 Å². The molecule has 0 spiro atoms. The van der Waals surface area contributed by atoms with Crippen molar-refractivity contribution in [1.82, 2.24) is 15.3 Å². The molecule has 1 atom stereocenters. The highest BCUT2D eigenvalue weighted by atomic mass is 16.2. The molecule has 0 bridgehead atoms. The highest BCUT2D eigenvalue weighted by molar-refractivity contribution is 6.00. The smallest absolute Gasteiger partial charge is 0.227 e. The Bertz CT molecular complexity index is 660. The molecule has 0 aliphatic carbocycles. The lowest BCUT2D eigenvalue weighted by Crippen LogP contribution is -2.32. The van der Waals surface area contributed by atoms with Gasteiger partial charge in [-0.25, -0.2) is 0 Å². The molecule has 1 unspecified atom stereocenters. The summed E-state index contributed by atoms with van der Waals surface area (Å²) in [5.74, 6) is -0.469. The molecule has 2 amide bonds. The molecule has 3 heterocycles. The van der Waals surface area contributed by atoms with Gasteiger partial charge in [0.05, 0.1) is 17.8 Å². The second-order valence-corrected chi connectivity index (χ2v) is 5.19. The van der Waals surface area contributed by atoms with Crippen molar-refractivity contribution in [2.45, 2.75) is 13.0 Å². The van der Waals surface area contributed by atoms with Crippen LogP contribution in [0.3, 0.4) is 0 Å². The third-order valence-electron chi connectivity index (χ3n) is 3.67. The number of carbonyl (C=O) groups excluding carboxylic acids is 2. The van der Waals surface area contributed by atoms with Gasteiger partial charge in [0.1, 0.15) is 0 Å². The first-order valence-electron chi connectivity index (χ1n) is 7.11. The number of pyridine rings is 2. The summed E-state index contributed by atoms with van der Waals surface area (Å²) in [6, 6.07) is 7.30. The Morgan fingerprint density at radius 2 is 2.05 bits per heavy atom. The van der Waals surface area contributed by atoms with Crippen molar-refractivity contribution in [3.63, 3.8) is 0 Å². The van der Waals surface area contributed by atoms with Crippen LogP contribution in [-0.2, 0) is 16.1 Å². The second-order valence-electron chi connectivity index (χ2n) is 5.19. The number of nitrogens with one attached hydrogen (secondary N) is 1. The van der Waals surface area contributed by atoms with Crippen molar-refractivity contribution in [2.24, 2.45) is 5.92 Å². The highest BCUT2D eigenvalue weighted by Crippen LogP contribution is 2.24. The number of rotatable bonds is 4. The van der Waals surface area contributed by atoms with Crippen LogP contribution in [0.2, 0.25) is 0 Å². The average molecular weight is 296 g/mol. The van der Waals surface area contributed by atoms with Crippen LogP contribution in [0.5, 0.6) is 0 Å². The van der Waals surface area contributed by atoms with Gasteiger partial charge in [-0.1, -0.05) is 0 Å². The van der Waals surface area contributed by atoms with E-state index in [0.29, 0.717) is 13.1 Å². The zero-order chi connectivity index (χ0) is 15.4. The van der Waals surface area contributed by atoms with Gasteiger partial charge in [0.2, 0.25) is 11.8 Å². The largest absolute Gasteiger partial charge is 0.352 e. The first kappa shape index (κ1) is 14.2. The van der Waals surface area contributed by atoms with Gasteiger partial charge in [-0.05, 0) is 29.8 Å². The Morgan fingerprint density at radius 3 is 2.77 bits per heavy atom. The highest BCUT2D eigenvalue weighted by Gasteiger charge is 2.34. The summed E-state index contributed by atoms with van der Waals surface area (Å²) in [6.45, 7) is 0.839. The third kappa shape index (κ3) is 3.11. The lowest BCUT2D eigenvalue weighted by Gasteiger charge is -2.16. The second kappa shape index (κ2) is 6.34. The SMILES string of the molecule is O=C(NCc1ccncc1)C1CC(=O)N(c2cccnc2)C1. The van der Waals surface area contributed by atoms with E-state index in [-0.39, 0.29) is 24.2 Å². The fourth-order valence-electron chi connectivity index (χ4n) is 2.48. The van der Waals surface area contributed by atoms with Crippen molar-refractivity contribution in [3.8, 4) is 0 Å². The topological polar surface area (TPSA) is 75.2 Å². The molecule has 1 aliphatic rings. The lowest BCUT2D eigenvalue weighted by molar-refractivity contribution is -0.126. The fourth-order valence-corrected chi connectivity index (χ4v) is 2.48. The first-order valence-corrected chi connectivity index (χ1v) is 7.11. The molecule has 22 heavy (non-hydrogen) atoms. The Labute approximate surface area is 128 Å². The minimum Gasteiger partial charge on any atom is -0.352 e. The van der Waals surface area contributed by atoms with E-state index in [1.807, 2.05) is 18.2 Å². The Kier molecular flexibility index (Phi) is 4.09. The van der Waals surface area contributed by atoms with E-state index in [4.69, 9.17) is 0 Å². The molecule has 112 valence electrons. The molecule has 0 saturated carbocycles. The third-order valence-corrected chi connectivity index (χ3v) is 3.67. The number of anilines is 1. The molecule has 1 fully saturated rings. The Morgan fingerprint density at radius 1 is 1.23 bits per heavy atom. The van der Waals surface area contributed by atoms with Gasteiger partial charge in [0.15, 0.2) is 0 Å². The van der Waals surface area contributed by atoms with Gasteiger partial charge in [-0.3, -0.25) is 19.6 Å². The fraction of sp³-hybridized carbons (Fsp3) is 0.250. The summed E-state index contributed by atoms with van der Waals surface area (Å²) in [5.41, 5.74) is 1.72. The molecule has 2 aromatic rings. The summed E-state index contributed by atoms with van der Waals surface area (Å²) < 4.78 is 0. The summed E-state index contributed by atoms with van der Waals surface area (Å²) in [5, 5.41) is 2.87. The van der Waals surface area contributed by atoms with Crippen molar-refractivity contribution in [3.05, 3.63) is 54.6 Å². The van der Waals surface area contributed by atoms with E-state index in [1.165, 1.54) is 0 Å². The number of hydrogen-bond acceptors (Lipinski definition) is 4. The quantitative estimate of drug-likeness (QED) is 0.918. The molecule has 6 heteroatoms. The minimum atomic E-state index is -0.324. The van der Waals surface area contributed by atoms with Crippen LogP contribution >= 0.6 is 0 Å². The zero-order valence-electron chi connectivity index (χ0n) is 12.0. The van der Waals surface area contributed by atoms with Crippen LogP contribution in [0.15, 0.2) is 49.1 Å². The van der Waals surface area contributed by atoms with Gasteiger partial charge in [0.25, 0.3) is 0 Å². The van der Waals surface area contributed by atoms with E-state index < -0.39 is 0 Å². The maximum atomic E-state index is 12.2. The van der Waals surface area contributed by atoms with Gasteiger partial charge in [0, 0.05) is 38.1 Å². The van der Waals surface area contributed by atoms with E-state index in [2.05, 4.69) is 15.3 Å². The van der Waals surface area contributed by atoms with E-state index >= 15 is 0 Å². The van der Waals surface area contributed by atoms with E-state index in [1.54, 1.807) is 35.8 Å². The van der Waals surface area contributed by atoms with Crippen LogP contribution in [0.1, 0.15) is 12.0 Å². The maximum Gasteiger partial charge on any atom is 0.227 e. The average Bonchev–Trinajstić information content (AvgIpc) is 2.96. The molecule has 0 radical (unpaired) electrons. The van der Waals surface area contributed by atoms with Crippen LogP contribution in [0.4, 0.5) is 5.69 Å². The van der Waals surface area contributed by atoms with Gasteiger partial charge in [-0.15, -0.1) is 0 Å². The van der Waals surface area contributed by atoms with Crippen molar-refractivity contribution in [2.75, 3.05) is 11.4 Å². The molecule has 1 aliphatic heterocycles. The summed E-state index contributed by atoms with van der Waals surface area (Å²) in [7, 11) is 0. The van der Waals surface area contributed by atoms with Crippen molar-refractivity contribution in [1.29, 1.82) is 0 Å². The summed E-state index contributed by atoms with van der Waals surface area (Å²) in [6.07, 6.45) is 6.89. The maximum absolute atomic E-state index is 12.2. The normalized spacial score (nSPS) is 17.5. The van der Waals surface area contributed by atoms with Crippen LogP contribution < -0.4 is 10.2 Å². The molecular weight excluding hydrogens is 280 g/mol. The van der Waals surface area contributed by atoms with E-state index in [9.17, 15) is 9.59 Å². The number of carbonyl (C=O) groups is 2. The van der Waals surface area contributed by atoms with Gasteiger partial charge >= 0.3 is 0 Å². The predicted octanol–water partition coefficient (Wildman–Crippen LogP) is 1.15. The lowest BCUT2D eigenvalue weighted by atomic mass is 10.1. The summed E-state index contributed by atoms with van der Waals surface area (Å²) in [4.78, 5) is 33.9. The molecule has 2 aromatic heterocycles. The van der Waals surface area contributed by atoms with Crippen LogP contribution in [0, 0.1) is 5.92 Å². The zero-order valence-corrected chi connectivity index (χ0v) is 12.0. The number of nitrogens with zero attached hydrogens (tertiary/aromatic N) is 3. The number of hydrogen-bond donors (Lipinski definition) is 1. The van der Waals surface area contributed by atoms with Crippen LogP contribution in [-0.4, -0.2) is 28.3 Å². The first-order chi connectivity index (χ1) is 10.7. The molecule has 0 aromatic carbocycles. The molecule has 3 rings (SSSR count). The standard InChI is InChI=1S/C16H16N4O2/c21-15-8-13(11-20(15)14-2-1-5-18-10-14)16(22)19-9-12-3-6-17-7-4-12/h1-7,10,13H,8-9,11H2,(H,19,22). The molecule has 1 N–H and O–H groups in total. The van der Waals surface area contributed by atoms with Crippen LogP contribution in [0.25, 0.3) is 0 Å². The predicted molar refractivity (Wildman–Crippen MR) is 80.8 cm³/mol. The van der Waals surface area contributed by atoms with Gasteiger partial charge in [-0.2, -0.15) is 0 Å². The van der Waals surface area contributed by atoms with Gasteiger partial charge < -0.3 is 10.2 Å². The number of amides is 2. The van der Waals surface area contributed by atoms with E-state index in [0.717, 1.165) is 11.3 Å².